The highest BCUT2D eigenvalue weighted by Crippen LogP contribution is 2.38. The van der Waals surface area contributed by atoms with E-state index in [2.05, 4.69) is 20.7 Å². The van der Waals surface area contributed by atoms with Gasteiger partial charge < -0.3 is 9.47 Å². The third kappa shape index (κ3) is 3.31. The van der Waals surface area contributed by atoms with Crippen molar-refractivity contribution in [3.8, 4) is 0 Å². The number of halogens is 4. The molecule has 0 aliphatic heterocycles. The van der Waals surface area contributed by atoms with Gasteiger partial charge in [-0.2, -0.15) is 13.2 Å². The SMILES string of the molecule is COCOC(c1cc(Br)c2ccccc2c1)C(F)(F)F. The minimum absolute atomic E-state index is 0.0418. The van der Waals surface area contributed by atoms with Gasteiger partial charge in [0.25, 0.3) is 0 Å². The molecule has 1 unspecified atom stereocenters. The number of hydrogen-bond donors (Lipinski definition) is 0. The van der Waals surface area contributed by atoms with E-state index in [4.69, 9.17) is 4.74 Å². The fourth-order valence-corrected chi connectivity index (χ4v) is 2.58. The first-order valence-corrected chi connectivity index (χ1v) is 6.58. The van der Waals surface area contributed by atoms with E-state index in [1.54, 1.807) is 12.1 Å². The molecule has 0 aliphatic carbocycles. The van der Waals surface area contributed by atoms with Crippen LogP contribution >= 0.6 is 15.9 Å². The van der Waals surface area contributed by atoms with E-state index in [9.17, 15) is 13.2 Å². The van der Waals surface area contributed by atoms with Crippen molar-refractivity contribution in [1.29, 1.82) is 0 Å². The van der Waals surface area contributed by atoms with Crippen LogP contribution in [0.3, 0.4) is 0 Å². The van der Waals surface area contributed by atoms with Crippen molar-refractivity contribution in [3.05, 3.63) is 46.4 Å². The molecule has 2 aromatic carbocycles. The van der Waals surface area contributed by atoms with E-state index in [0.29, 0.717) is 9.86 Å². The molecule has 0 spiro atoms. The van der Waals surface area contributed by atoms with Crippen LogP contribution in [0.1, 0.15) is 11.7 Å². The minimum atomic E-state index is -4.50. The third-order valence-electron chi connectivity index (χ3n) is 2.79. The van der Waals surface area contributed by atoms with Crippen LogP contribution in [0.25, 0.3) is 10.8 Å². The number of benzene rings is 2. The standard InChI is InChI=1S/C14H12BrF3O2/c1-19-8-20-13(14(16,17)18)10-6-9-4-2-3-5-11(9)12(15)7-10/h2-7,13H,8H2,1H3. The van der Waals surface area contributed by atoms with Gasteiger partial charge in [0.05, 0.1) is 0 Å². The molecule has 0 aliphatic rings. The van der Waals surface area contributed by atoms with Crippen molar-refractivity contribution in [3.63, 3.8) is 0 Å². The van der Waals surface area contributed by atoms with E-state index >= 15 is 0 Å². The predicted octanol–water partition coefficient (Wildman–Crippen LogP) is 4.83. The first-order chi connectivity index (χ1) is 9.43. The van der Waals surface area contributed by atoms with Crippen LogP contribution in [-0.4, -0.2) is 20.1 Å². The van der Waals surface area contributed by atoms with Crippen molar-refractivity contribution < 1.29 is 22.6 Å². The lowest BCUT2D eigenvalue weighted by Gasteiger charge is -2.21. The number of ether oxygens (including phenoxy) is 2. The lowest BCUT2D eigenvalue weighted by molar-refractivity contribution is -0.243. The average molecular weight is 349 g/mol. The number of hydrogen-bond acceptors (Lipinski definition) is 2. The summed E-state index contributed by atoms with van der Waals surface area (Å²) >= 11 is 3.30. The molecule has 6 heteroatoms. The molecule has 0 N–H and O–H groups in total. The Bertz CT molecular complexity index is 598. The van der Waals surface area contributed by atoms with Gasteiger partial charge >= 0.3 is 6.18 Å². The molecule has 20 heavy (non-hydrogen) atoms. The van der Waals surface area contributed by atoms with Crippen molar-refractivity contribution in [2.24, 2.45) is 0 Å². The zero-order valence-corrected chi connectivity index (χ0v) is 12.2. The Balaban J connectivity index is 2.48. The van der Waals surface area contributed by atoms with Gasteiger partial charge in [0.15, 0.2) is 6.10 Å². The molecule has 0 fully saturated rings. The molecule has 0 saturated carbocycles. The molecule has 0 saturated heterocycles. The van der Waals surface area contributed by atoms with Crippen molar-refractivity contribution in [2.45, 2.75) is 12.3 Å². The summed E-state index contributed by atoms with van der Waals surface area (Å²) in [6.07, 6.45) is -6.51. The Morgan fingerprint density at radius 1 is 1.20 bits per heavy atom. The van der Waals surface area contributed by atoms with Gasteiger partial charge in [0.2, 0.25) is 0 Å². The maximum absolute atomic E-state index is 13.1. The molecule has 0 aromatic heterocycles. The molecular weight excluding hydrogens is 337 g/mol. The van der Waals surface area contributed by atoms with Crippen LogP contribution in [0, 0.1) is 0 Å². The summed E-state index contributed by atoms with van der Waals surface area (Å²) in [4.78, 5) is 0. The molecule has 2 rings (SSSR count). The Morgan fingerprint density at radius 3 is 2.55 bits per heavy atom. The average Bonchev–Trinajstić information content (AvgIpc) is 2.38. The monoisotopic (exact) mass is 348 g/mol. The highest BCUT2D eigenvalue weighted by molar-refractivity contribution is 9.10. The number of rotatable bonds is 4. The van der Waals surface area contributed by atoms with Gasteiger partial charge in [-0.05, 0) is 28.5 Å². The molecule has 2 nitrogen and oxygen atoms in total. The van der Waals surface area contributed by atoms with E-state index in [1.807, 2.05) is 12.1 Å². The Labute approximate surface area is 122 Å². The highest BCUT2D eigenvalue weighted by Gasteiger charge is 2.42. The fourth-order valence-electron chi connectivity index (χ4n) is 1.95. The second-order valence-corrected chi connectivity index (χ2v) is 5.07. The molecule has 2 aromatic rings. The fraction of sp³-hybridized carbons (Fsp3) is 0.286. The van der Waals surface area contributed by atoms with E-state index in [0.717, 1.165) is 5.39 Å². The van der Waals surface area contributed by atoms with Gasteiger partial charge in [0.1, 0.15) is 6.79 Å². The smallest absolute Gasteiger partial charge is 0.359 e. The molecule has 108 valence electrons. The van der Waals surface area contributed by atoms with Gasteiger partial charge in [-0.15, -0.1) is 0 Å². The zero-order chi connectivity index (χ0) is 14.8. The normalized spacial score (nSPS) is 13.7. The lowest BCUT2D eigenvalue weighted by atomic mass is 10.0. The largest absolute Gasteiger partial charge is 0.418 e. The Morgan fingerprint density at radius 2 is 1.90 bits per heavy atom. The number of methoxy groups -OCH3 is 1. The van der Waals surface area contributed by atoms with Crippen LogP contribution in [0.5, 0.6) is 0 Å². The summed E-state index contributed by atoms with van der Waals surface area (Å²) in [6.45, 7) is -0.422. The minimum Gasteiger partial charge on any atom is -0.359 e. The Hall–Kier alpha value is -1.11. The zero-order valence-electron chi connectivity index (χ0n) is 10.6. The van der Waals surface area contributed by atoms with Crippen LogP contribution < -0.4 is 0 Å². The lowest BCUT2D eigenvalue weighted by Crippen LogP contribution is -2.24. The Kier molecular flexibility index (Phi) is 4.67. The summed E-state index contributed by atoms with van der Waals surface area (Å²) in [7, 11) is 1.28. The van der Waals surface area contributed by atoms with E-state index in [-0.39, 0.29) is 5.56 Å². The topological polar surface area (TPSA) is 18.5 Å². The maximum Gasteiger partial charge on any atom is 0.418 e. The van der Waals surface area contributed by atoms with Gasteiger partial charge in [0, 0.05) is 11.6 Å². The highest BCUT2D eigenvalue weighted by atomic mass is 79.9. The van der Waals surface area contributed by atoms with Crippen LogP contribution in [-0.2, 0) is 9.47 Å². The summed E-state index contributed by atoms with van der Waals surface area (Å²) in [6, 6.07) is 10.1. The van der Waals surface area contributed by atoms with Crippen molar-refractivity contribution in [2.75, 3.05) is 13.9 Å². The second kappa shape index (κ2) is 6.11. The first-order valence-electron chi connectivity index (χ1n) is 5.79. The summed E-state index contributed by atoms with van der Waals surface area (Å²) in [5, 5.41) is 1.57. The molecule has 1 atom stereocenters. The quantitative estimate of drug-likeness (QED) is 0.737. The van der Waals surface area contributed by atoms with Crippen LogP contribution in [0.2, 0.25) is 0 Å². The number of alkyl halides is 3. The number of fused-ring (bicyclic) bond motifs is 1. The second-order valence-electron chi connectivity index (χ2n) is 4.22. The van der Waals surface area contributed by atoms with Crippen molar-refractivity contribution in [1.82, 2.24) is 0 Å². The third-order valence-corrected chi connectivity index (χ3v) is 3.44. The molecule has 0 radical (unpaired) electrons. The van der Waals surface area contributed by atoms with Crippen molar-refractivity contribution >= 4 is 26.7 Å². The first kappa shape index (κ1) is 15.3. The van der Waals surface area contributed by atoms with E-state index in [1.165, 1.54) is 19.2 Å². The summed E-state index contributed by atoms with van der Waals surface area (Å²) in [5.41, 5.74) is 0.0418. The summed E-state index contributed by atoms with van der Waals surface area (Å²) < 4.78 is 49.1. The van der Waals surface area contributed by atoms with Gasteiger partial charge in [-0.25, -0.2) is 0 Å². The molecule has 0 bridgehead atoms. The van der Waals surface area contributed by atoms with Gasteiger partial charge in [-0.1, -0.05) is 40.2 Å². The predicted molar refractivity (Wildman–Crippen MR) is 73.4 cm³/mol. The van der Waals surface area contributed by atoms with Gasteiger partial charge in [-0.3, -0.25) is 0 Å². The molecule has 0 amide bonds. The summed E-state index contributed by atoms with van der Waals surface area (Å²) in [5.74, 6) is 0. The van der Waals surface area contributed by atoms with E-state index < -0.39 is 19.1 Å². The molecular formula is C14H12BrF3O2. The van der Waals surface area contributed by atoms with Crippen LogP contribution in [0.15, 0.2) is 40.9 Å². The maximum atomic E-state index is 13.1. The molecule has 0 heterocycles. The van der Waals surface area contributed by atoms with Crippen LogP contribution in [0.4, 0.5) is 13.2 Å².